The molecule has 0 aliphatic carbocycles. The number of rotatable bonds is 3. The summed E-state index contributed by atoms with van der Waals surface area (Å²) in [5.41, 5.74) is 8.72. The molecule has 0 saturated carbocycles. The lowest BCUT2D eigenvalue weighted by Gasteiger charge is -2.25. The predicted octanol–water partition coefficient (Wildman–Crippen LogP) is 13.0. The minimum atomic E-state index is 0.0845. The van der Waals surface area contributed by atoms with E-state index in [-0.39, 0.29) is 6.17 Å². The third kappa shape index (κ3) is 4.14. The summed E-state index contributed by atoms with van der Waals surface area (Å²) in [6, 6.07) is 55.9. The van der Waals surface area contributed by atoms with Gasteiger partial charge in [-0.15, -0.1) is 11.3 Å². The summed E-state index contributed by atoms with van der Waals surface area (Å²) in [5.74, 6) is 0. The fraction of sp³-hybridized carbons (Fsp3) is 0.0213. The second-order valence-corrected chi connectivity index (χ2v) is 14.4. The highest BCUT2D eigenvalue weighted by atomic mass is 32.1. The molecule has 1 atom stereocenters. The van der Waals surface area contributed by atoms with Crippen LogP contribution in [-0.4, -0.2) is 6.17 Å². The molecule has 1 N–H and O–H groups in total. The normalized spacial score (nSPS) is 15.2. The number of anilines is 2. The van der Waals surface area contributed by atoms with E-state index in [2.05, 4.69) is 180 Å². The molecule has 0 spiro atoms. The molecule has 0 radical (unpaired) electrons. The van der Waals surface area contributed by atoms with Gasteiger partial charge in [0.05, 0.1) is 5.69 Å². The van der Waals surface area contributed by atoms with Crippen molar-refractivity contribution in [1.29, 1.82) is 0 Å². The zero-order valence-corrected chi connectivity index (χ0v) is 27.9. The van der Waals surface area contributed by atoms with Crippen molar-refractivity contribution in [1.82, 2.24) is 0 Å². The van der Waals surface area contributed by atoms with Crippen molar-refractivity contribution in [2.75, 3.05) is 10.2 Å². The summed E-state index contributed by atoms with van der Waals surface area (Å²) in [6.45, 7) is 0. The lowest BCUT2D eigenvalue weighted by Crippen LogP contribution is -2.31. The van der Waals surface area contributed by atoms with Crippen molar-refractivity contribution >= 4 is 80.8 Å². The Bertz CT molecular complexity index is 2930. The van der Waals surface area contributed by atoms with Crippen LogP contribution >= 0.6 is 11.3 Å². The van der Waals surface area contributed by atoms with Gasteiger partial charge in [0.1, 0.15) is 11.2 Å². The second-order valence-electron chi connectivity index (χ2n) is 13.4. The smallest absolute Gasteiger partial charge is 0.124 e. The Hall–Kier alpha value is -6.16. The fourth-order valence-electron chi connectivity index (χ4n) is 8.23. The van der Waals surface area contributed by atoms with Crippen LogP contribution in [-0.2, 0) is 0 Å². The molecule has 234 valence electrons. The number of nitrogens with zero attached hydrogens (tertiary/aromatic N) is 1. The number of benzene rings is 8. The Morgan fingerprint density at radius 2 is 1.04 bits per heavy atom. The van der Waals surface area contributed by atoms with E-state index in [1.807, 2.05) is 11.3 Å². The van der Waals surface area contributed by atoms with Crippen LogP contribution in [0.2, 0.25) is 0 Å². The lowest BCUT2D eigenvalue weighted by atomic mass is 9.84. The Kier molecular flexibility index (Phi) is 5.92. The first kappa shape index (κ1) is 27.8. The quantitative estimate of drug-likeness (QED) is 0.191. The van der Waals surface area contributed by atoms with Gasteiger partial charge in [0.25, 0.3) is 0 Å². The van der Waals surface area contributed by atoms with Crippen LogP contribution < -0.4 is 10.2 Å². The summed E-state index contributed by atoms with van der Waals surface area (Å²) in [4.78, 5) is 2.37. The molecule has 2 nitrogen and oxygen atoms in total. The maximum atomic E-state index is 3.83. The summed E-state index contributed by atoms with van der Waals surface area (Å²) in [7, 11) is 0. The Morgan fingerprint density at radius 3 is 1.74 bits per heavy atom. The molecule has 3 heterocycles. The maximum Gasteiger partial charge on any atom is 0.124 e. The minimum Gasteiger partial charge on any atom is -0.359 e. The van der Waals surface area contributed by atoms with Crippen LogP contribution in [0.4, 0.5) is 10.7 Å². The topological polar surface area (TPSA) is 15.3 Å². The van der Waals surface area contributed by atoms with Gasteiger partial charge in [-0.05, 0) is 113 Å². The van der Waals surface area contributed by atoms with E-state index in [0.29, 0.717) is 0 Å². The van der Waals surface area contributed by atoms with Crippen molar-refractivity contribution < 1.29 is 0 Å². The maximum absolute atomic E-state index is 3.83. The fourth-order valence-corrected chi connectivity index (χ4v) is 9.41. The molecule has 3 heteroatoms. The molecule has 8 aromatic carbocycles. The van der Waals surface area contributed by atoms with E-state index in [0.717, 1.165) is 0 Å². The number of hydrogen-bond donors (Lipinski definition) is 1. The number of nitrogens with one attached hydrogen (secondary N) is 1. The average Bonchev–Trinajstić information content (AvgIpc) is 3.72. The molecule has 9 aromatic rings. The molecule has 0 bridgehead atoms. The summed E-state index contributed by atoms with van der Waals surface area (Å²) in [6.07, 6.45) is 6.99. The van der Waals surface area contributed by atoms with E-state index in [4.69, 9.17) is 0 Å². The van der Waals surface area contributed by atoms with E-state index >= 15 is 0 Å². The van der Waals surface area contributed by atoms with E-state index in [1.54, 1.807) is 0 Å². The van der Waals surface area contributed by atoms with Crippen molar-refractivity contribution in [2.24, 2.45) is 0 Å². The first-order valence-electron chi connectivity index (χ1n) is 17.2. The summed E-state index contributed by atoms with van der Waals surface area (Å²) in [5, 5.41) is 16.5. The molecule has 11 rings (SSSR count). The van der Waals surface area contributed by atoms with Crippen molar-refractivity contribution in [2.45, 2.75) is 6.17 Å². The molecule has 2 aliphatic rings. The zero-order valence-electron chi connectivity index (χ0n) is 27.1. The Balaban J connectivity index is 1.14. The molecule has 0 fully saturated rings. The molecule has 1 unspecified atom stereocenters. The molecule has 1 aromatic heterocycles. The predicted molar refractivity (Wildman–Crippen MR) is 216 cm³/mol. The molecule has 0 amide bonds. The third-order valence-corrected chi connectivity index (χ3v) is 11.8. The SMILES string of the molecule is C1=CN2c3sc4ccccc4c3NC2C=C1c1ccc2c(-c3ccc4ccccc4c3)c3ccccc3c(-c3ccc4ccccc4c3)c2c1. The molecule has 0 saturated heterocycles. The van der Waals surface area contributed by atoms with Crippen LogP contribution in [0.5, 0.6) is 0 Å². The molecular formula is C47H30N2S. The van der Waals surface area contributed by atoms with Crippen LogP contribution in [0.3, 0.4) is 0 Å². The minimum absolute atomic E-state index is 0.0845. The van der Waals surface area contributed by atoms with Crippen molar-refractivity contribution in [3.05, 3.63) is 176 Å². The highest BCUT2D eigenvalue weighted by molar-refractivity contribution is 7.23. The first-order chi connectivity index (χ1) is 24.8. The van der Waals surface area contributed by atoms with Gasteiger partial charge in [-0.3, -0.25) is 0 Å². The number of fused-ring (bicyclic) bond motifs is 9. The van der Waals surface area contributed by atoms with Crippen LogP contribution in [0, 0.1) is 0 Å². The van der Waals surface area contributed by atoms with Crippen molar-refractivity contribution in [3.8, 4) is 22.3 Å². The van der Waals surface area contributed by atoms with Gasteiger partial charge in [-0.25, -0.2) is 0 Å². The standard InChI is InChI=1S/C47H30N2S/c1-3-11-31-25-35(19-17-29(31)9-1)44-37-13-5-6-14-38(37)45(36-20-18-30-10-2-4-12-32(30)26-36)41-27-33(21-22-39(41)44)34-23-24-49-43(28-34)48-46-40-15-7-8-16-42(40)50-47(46)49/h1-28,43,48H. The van der Waals surface area contributed by atoms with E-state index < -0.39 is 0 Å². The third-order valence-electron chi connectivity index (χ3n) is 10.6. The largest absolute Gasteiger partial charge is 0.359 e. The zero-order chi connectivity index (χ0) is 32.8. The van der Waals surface area contributed by atoms with Crippen molar-refractivity contribution in [3.63, 3.8) is 0 Å². The second kappa shape index (κ2) is 10.7. The first-order valence-corrected chi connectivity index (χ1v) is 18.0. The number of hydrogen-bond acceptors (Lipinski definition) is 3. The van der Waals surface area contributed by atoms with Gasteiger partial charge in [0.2, 0.25) is 0 Å². The van der Waals surface area contributed by atoms with E-state index in [9.17, 15) is 0 Å². The summed E-state index contributed by atoms with van der Waals surface area (Å²) >= 11 is 1.86. The number of allylic oxidation sites excluding steroid dienone is 2. The van der Waals surface area contributed by atoms with Gasteiger partial charge < -0.3 is 10.2 Å². The average molecular weight is 655 g/mol. The highest BCUT2D eigenvalue weighted by Crippen LogP contribution is 2.50. The van der Waals surface area contributed by atoms with Gasteiger partial charge in [-0.1, -0.05) is 127 Å². The van der Waals surface area contributed by atoms with Crippen LogP contribution in [0.1, 0.15) is 5.56 Å². The van der Waals surface area contributed by atoms with Gasteiger partial charge >= 0.3 is 0 Å². The van der Waals surface area contributed by atoms with Gasteiger partial charge in [0.15, 0.2) is 0 Å². The molecular weight excluding hydrogens is 625 g/mol. The Morgan fingerprint density at radius 1 is 0.480 bits per heavy atom. The monoisotopic (exact) mass is 654 g/mol. The summed E-state index contributed by atoms with van der Waals surface area (Å²) < 4.78 is 1.32. The van der Waals surface area contributed by atoms with Gasteiger partial charge in [-0.2, -0.15) is 0 Å². The van der Waals surface area contributed by atoms with Crippen LogP contribution in [0.25, 0.3) is 81.0 Å². The highest BCUT2D eigenvalue weighted by Gasteiger charge is 2.32. The van der Waals surface area contributed by atoms with Gasteiger partial charge in [0, 0.05) is 16.3 Å². The Labute approximate surface area is 293 Å². The van der Waals surface area contributed by atoms with Crippen LogP contribution in [0.15, 0.2) is 170 Å². The molecule has 50 heavy (non-hydrogen) atoms. The molecule has 2 aliphatic heterocycles. The lowest BCUT2D eigenvalue weighted by molar-refractivity contribution is 0.916. The van der Waals surface area contributed by atoms with E-state index in [1.165, 1.54) is 97.3 Å². The number of thiophene rings is 1.